The fourth-order valence-corrected chi connectivity index (χ4v) is 3.10. The number of nitrogens with one attached hydrogen (secondary N) is 1. The molecule has 0 spiro atoms. The molecule has 0 aliphatic heterocycles. The van der Waals surface area contributed by atoms with Crippen LogP contribution in [-0.2, 0) is 4.74 Å². The number of hydrogen-bond donors (Lipinski definition) is 2. The van der Waals surface area contributed by atoms with Crippen LogP contribution in [0.25, 0.3) is 0 Å². The third kappa shape index (κ3) is 5.39. The lowest BCUT2D eigenvalue weighted by molar-refractivity contribution is -0.160. The number of primary amides is 1. The SMILES string of the molecule is NC(=O)OC1CCCC(N[C@H](c2ccc(Br)cc2)C(F)(F)F)C1. The van der Waals surface area contributed by atoms with Crippen molar-refractivity contribution in [2.45, 2.75) is 50.0 Å². The number of ether oxygens (including phenoxy) is 1. The summed E-state index contributed by atoms with van der Waals surface area (Å²) in [5.41, 5.74) is 5.13. The Labute approximate surface area is 140 Å². The molecule has 1 aromatic rings. The largest absolute Gasteiger partial charge is 0.446 e. The number of alkyl halides is 3. The normalized spacial score (nSPS) is 23.3. The van der Waals surface area contributed by atoms with Crippen molar-refractivity contribution in [3.8, 4) is 0 Å². The van der Waals surface area contributed by atoms with Crippen molar-refractivity contribution in [3.05, 3.63) is 34.3 Å². The number of benzene rings is 1. The molecule has 4 nitrogen and oxygen atoms in total. The second-order valence-electron chi connectivity index (χ2n) is 5.62. The number of carbonyl (C=O) groups excluding carboxylic acids is 1. The molecule has 0 heterocycles. The molecule has 1 aliphatic carbocycles. The van der Waals surface area contributed by atoms with Gasteiger partial charge in [0, 0.05) is 10.5 Å². The molecule has 8 heteroatoms. The Morgan fingerprint density at radius 3 is 2.52 bits per heavy atom. The van der Waals surface area contributed by atoms with Gasteiger partial charge in [-0.1, -0.05) is 28.1 Å². The van der Waals surface area contributed by atoms with Gasteiger partial charge in [0.2, 0.25) is 0 Å². The van der Waals surface area contributed by atoms with Gasteiger partial charge in [-0.2, -0.15) is 13.2 Å². The Balaban J connectivity index is 2.09. The van der Waals surface area contributed by atoms with Gasteiger partial charge in [-0.15, -0.1) is 0 Å². The van der Waals surface area contributed by atoms with Crippen molar-refractivity contribution in [2.75, 3.05) is 0 Å². The zero-order valence-electron chi connectivity index (χ0n) is 12.3. The molecule has 23 heavy (non-hydrogen) atoms. The molecule has 2 rings (SSSR count). The molecule has 128 valence electrons. The molecular weight excluding hydrogens is 377 g/mol. The van der Waals surface area contributed by atoms with Crippen LogP contribution in [0.3, 0.4) is 0 Å². The predicted molar refractivity (Wildman–Crippen MR) is 82.8 cm³/mol. The van der Waals surface area contributed by atoms with Crippen LogP contribution in [0.5, 0.6) is 0 Å². The van der Waals surface area contributed by atoms with Crippen LogP contribution in [-0.4, -0.2) is 24.4 Å². The highest BCUT2D eigenvalue weighted by Crippen LogP contribution is 2.35. The van der Waals surface area contributed by atoms with Crippen LogP contribution in [0.15, 0.2) is 28.7 Å². The number of rotatable bonds is 4. The Bertz CT molecular complexity index is 537. The molecule has 1 amide bonds. The highest BCUT2D eigenvalue weighted by atomic mass is 79.9. The monoisotopic (exact) mass is 394 g/mol. The van der Waals surface area contributed by atoms with Gasteiger partial charge in [0.25, 0.3) is 0 Å². The van der Waals surface area contributed by atoms with E-state index >= 15 is 0 Å². The third-order valence-corrected chi connectivity index (χ3v) is 4.37. The Morgan fingerprint density at radius 1 is 1.30 bits per heavy atom. The molecule has 1 saturated carbocycles. The maximum absolute atomic E-state index is 13.4. The van der Waals surface area contributed by atoms with E-state index in [0.717, 1.165) is 4.47 Å². The number of hydrogen-bond acceptors (Lipinski definition) is 3. The van der Waals surface area contributed by atoms with Crippen molar-refractivity contribution in [1.82, 2.24) is 5.32 Å². The summed E-state index contributed by atoms with van der Waals surface area (Å²) >= 11 is 3.21. The highest BCUT2D eigenvalue weighted by molar-refractivity contribution is 9.10. The molecule has 2 unspecified atom stereocenters. The van der Waals surface area contributed by atoms with Crippen molar-refractivity contribution in [3.63, 3.8) is 0 Å². The Hall–Kier alpha value is -1.28. The zero-order chi connectivity index (χ0) is 17.0. The van der Waals surface area contributed by atoms with E-state index in [1.165, 1.54) is 12.1 Å². The predicted octanol–water partition coefficient (Wildman–Crippen LogP) is 4.05. The summed E-state index contributed by atoms with van der Waals surface area (Å²) < 4.78 is 45.8. The lowest BCUT2D eigenvalue weighted by atomic mass is 9.91. The van der Waals surface area contributed by atoms with E-state index in [4.69, 9.17) is 10.5 Å². The topological polar surface area (TPSA) is 64.4 Å². The summed E-state index contributed by atoms with van der Waals surface area (Å²) in [5.74, 6) is 0. The van der Waals surface area contributed by atoms with Crippen molar-refractivity contribution >= 4 is 22.0 Å². The average molecular weight is 395 g/mol. The van der Waals surface area contributed by atoms with Crippen LogP contribution in [0.2, 0.25) is 0 Å². The Kier molecular flexibility index (Phi) is 5.91. The molecule has 1 fully saturated rings. The molecule has 0 bridgehead atoms. The van der Waals surface area contributed by atoms with Crippen molar-refractivity contribution in [2.24, 2.45) is 5.73 Å². The maximum Gasteiger partial charge on any atom is 0.407 e. The van der Waals surface area contributed by atoms with E-state index in [2.05, 4.69) is 21.2 Å². The summed E-state index contributed by atoms with van der Waals surface area (Å²) in [7, 11) is 0. The fourth-order valence-electron chi connectivity index (χ4n) is 2.84. The van der Waals surface area contributed by atoms with E-state index in [-0.39, 0.29) is 11.6 Å². The van der Waals surface area contributed by atoms with Crippen LogP contribution < -0.4 is 11.1 Å². The van der Waals surface area contributed by atoms with E-state index in [1.807, 2.05) is 0 Å². The van der Waals surface area contributed by atoms with E-state index < -0.39 is 24.4 Å². The van der Waals surface area contributed by atoms with Gasteiger partial charge in [0.05, 0.1) is 0 Å². The quantitative estimate of drug-likeness (QED) is 0.809. The number of carbonyl (C=O) groups is 1. The summed E-state index contributed by atoms with van der Waals surface area (Å²) in [6.45, 7) is 0. The summed E-state index contributed by atoms with van der Waals surface area (Å²) in [6.07, 6.45) is -3.51. The maximum atomic E-state index is 13.4. The molecule has 0 aromatic heterocycles. The van der Waals surface area contributed by atoms with Crippen molar-refractivity contribution < 1.29 is 22.7 Å². The van der Waals surface area contributed by atoms with Crippen LogP contribution in [0, 0.1) is 0 Å². The van der Waals surface area contributed by atoms with Crippen LogP contribution in [0.1, 0.15) is 37.3 Å². The van der Waals surface area contributed by atoms with Gasteiger partial charge in [-0.3, -0.25) is 5.32 Å². The first-order chi connectivity index (χ1) is 10.8. The summed E-state index contributed by atoms with van der Waals surface area (Å²) in [6, 6.07) is 3.90. The Morgan fingerprint density at radius 2 is 1.96 bits per heavy atom. The minimum absolute atomic E-state index is 0.152. The van der Waals surface area contributed by atoms with E-state index in [0.29, 0.717) is 25.7 Å². The average Bonchev–Trinajstić information content (AvgIpc) is 2.44. The first-order valence-electron chi connectivity index (χ1n) is 7.30. The second-order valence-corrected chi connectivity index (χ2v) is 6.53. The number of halogens is 4. The fraction of sp³-hybridized carbons (Fsp3) is 0.533. The van der Waals surface area contributed by atoms with Crippen molar-refractivity contribution in [1.29, 1.82) is 0 Å². The first kappa shape index (κ1) is 18.1. The molecule has 3 N–H and O–H groups in total. The lowest BCUT2D eigenvalue weighted by Crippen LogP contribution is -2.44. The van der Waals surface area contributed by atoms with E-state index in [9.17, 15) is 18.0 Å². The lowest BCUT2D eigenvalue weighted by Gasteiger charge is -2.33. The molecule has 0 saturated heterocycles. The highest BCUT2D eigenvalue weighted by Gasteiger charge is 2.42. The summed E-state index contributed by atoms with van der Waals surface area (Å²) in [4.78, 5) is 10.8. The number of amides is 1. The summed E-state index contributed by atoms with van der Waals surface area (Å²) in [5, 5.41) is 2.66. The minimum Gasteiger partial charge on any atom is -0.446 e. The van der Waals surface area contributed by atoms with Crippen LogP contribution in [0.4, 0.5) is 18.0 Å². The van der Waals surface area contributed by atoms with Gasteiger partial charge >= 0.3 is 12.3 Å². The van der Waals surface area contributed by atoms with Gasteiger partial charge in [0.1, 0.15) is 12.1 Å². The second kappa shape index (κ2) is 7.53. The molecule has 0 radical (unpaired) electrons. The molecule has 3 atom stereocenters. The van der Waals surface area contributed by atoms with Gasteiger partial charge in [-0.25, -0.2) is 4.79 Å². The van der Waals surface area contributed by atoms with Gasteiger partial charge in [0.15, 0.2) is 0 Å². The van der Waals surface area contributed by atoms with Gasteiger partial charge < -0.3 is 10.5 Å². The number of nitrogens with two attached hydrogens (primary N) is 1. The molecule has 1 aromatic carbocycles. The minimum atomic E-state index is -4.41. The van der Waals surface area contributed by atoms with Gasteiger partial charge in [-0.05, 0) is 43.4 Å². The standard InChI is InChI=1S/C15H18BrF3N2O2/c16-10-6-4-9(5-7-10)13(15(17,18)19)21-11-2-1-3-12(8-11)23-14(20)22/h4-7,11-13,21H,1-3,8H2,(H2,20,22)/t11?,12?,13-/m1/s1. The third-order valence-electron chi connectivity index (χ3n) is 3.84. The smallest absolute Gasteiger partial charge is 0.407 e. The zero-order valence-corrected chi connectivity index (χ0v) is 13.9. The molecule has 1 aliphatic rings. The van der Waals surface area contributed by atoms with E-state index in [1.54, 1.807) is 12.1 Å². The molecular formula is C15H18BrF3N2O2. The first-order valence-corrected chi connectivity index (χ1v) is 8.09. The van der Waals surface area contributed by atoms with Crippen LogP contribution >= 0.6 is 15.9 Å².